The van der Waals surface area contributed by atoms with Gasteiger partial charge in [0.05, 0.1) is 7.14 Å². The SMILES string of the molecule is O=P(CCP(=O)(c1ccccc1)c1ccccc1)(CCP(=O)(c1ccccc1)c1ccccc1)CCP(=O)(c1ccccc1)c1ccccc1. The summed E-state index contributed by atoms with van der Waals surface area (Å²) in [7, 11) is -12.8. The van der Waals surface area contributed by atoms with Crippen molar-refractivity contribution >= 4 is 60.4 Å². The molecule has 6 aromatic carbocycles. The maximum Gasteiger partial charge on any atom is 0.143 e. The van der Waals surface area contributed by atoms with Crippen LogP contribution in [0.5, 0.6) is 0 Å². The van der Waals surface area contributed by atoms with E-state index in [-0.39, 0.29) is 37.0 Å². The maximum atomic E-state index is 15.6. The minimum absolute atomic E-state index is 0.182. The van der Waals surface area contributed by atoms with Crippen molar-refractivity contribution in [2.45, 2.75) is 0 Å². The van der Waals surface area contributed by atoms with Crippen LogP contribution in [-0.2, 0) is 18.3 Å². The molecule has 0 aliphatic heterocycles. The van der Waals surface area contributed by atoms with Crippen molar-refractivity contribution in [2.24, 2.45) is 0 Å². The zero-order valence-corrected chi connectivity index (χ0v) is 31.6. The molecule has 0 spiro atoms. The molecule has 0 saturated carbocycles. The lowest BCUT2D eigenvalue weighted by molar-refractivity contribution is 0.570. The Kier molecular flexibility index (Phi) is 11.6. The minimum Gasteiger partial charge on any atom is -0.324 e. The molecule has 0 N–H and O–H groups in total. The van der Waals surface area contributed by atoms with E-state index in [0.29, 0.717) is 0 Å². The number of benzene rings is 6. The van der Waals surface area contributed by atoms with Crippen LogP contribution < -0.4 is 31.8 Å². The van der Waals surface area contributed by atoms with E-state index in [9.17, 15) is 0 Å². The summed E-state index contributed by atoms with van der Waals surface area (Å²) in [6.45, 7) is 0. The Hall–Kier alpha value is -3.76. The zero-order chi connectivity index (χ0) is 34.9. The van der Waals surface area contributed by atoms with Crippen molar-refractivity contribution in [2.75, 3.05) is 37.0 Å². The van der Waals surface area contributed by atoms with E-state index in [1.54, 1.807) is 0 Å². The summed E-state index contributed by atoms with van der Waals surface area (Å²) in [5.41, 5.74) is 0. The van der Waals surface area contributed by atoms with Crippen LogP contribution in [0.25, 0.3) is 0 Å². The smallest absolute Gasteiger partial charge is 0.143 e. The van der Waals surface area contributed by atoms with E-state index in [1.807, 2.05) is 182 Å². The van der Waals surface area contributed by atoms with Crippen LogP contribution in [-0.4, -0.2) is 37.0 Å². The molecule has 0 bridgehead atoms. The fourth-order valence-electron chi connectivity index (χ4n) is 6.54. The second-order valence-corrected chi connectivity index (χ2v) is 25.0. The molecular weight excluding hydrogens is 692 g/mol. The fraction of sp³-hybridized carbons (Fsp3) is 0.143. The molecule has 0 radical (unpaired) electrons. The lowest BCUT2D eigenvalue weighted by Crippen LogP contribution is -2.24. The standard InChI is InChI=1S/C42H42O4P4/c43-47(31-34-48(44,37-19-7-1-8-20-37)38-21-9-2-10-22-38,32-35-49(45,39-23-11-3-12-24-39)40-25-13-4-14-26-40)33-36-50(46,41-27-15-5-16-28-41)42-29-17-6-18-30-42/h1-30H,31-36H2. The summed E-state index contributed by atoms with van der Waals surface area (Å²) in [5, 5.41) is 4.31. The number of rotatable bonds is 15. The highest BCUT2D eigenvalue weighted by Gasteiger charge is 2.37. The average molecular weight is 735 g/mol. The van der Waals surface area contributed by atoms with Crippen LogP contribution in [0, 0.1) is 0 Å². The van der Waals surface area contributed by atoms with Gasteiger partial charge >= 0.3 is 0 Å². The van der Waals surface area contributed by atoms with Crippen LogP contribution in [0.2, 0.25) is 0 Å². The molecule has 0 fully saturated rings. The van der Waals surface area contributed by atoms with Crippen LogP contribution >= 0.6 is 28.6 Å². The summed E-state index contributed by atoms with van der Waals surface area (Å²) in [6, 6.07) is 56.7. The predicted molar refractivity (Wildman–Crippen MR) is 216 cm³/mol. The molecule has 0 atom stereocenters. The summed E-state index contributed by atoms with van der Waals surface area (Å²) in [6.07, 6.45) is 1.13. The van der Waals surface area contributed by atoms with Gasteiger partial charge in [-0.3, -0.25) is 0 Å². The lowest BCUT2D eigenvalue weighted by atomic mass is 10.4. The van der Waals surface area contributed by atoms with Crippen molar-refractivity contribution in [1.29, 1.82) is 0 Å². The van der Waals surface area contributed by atoms with Gasteiger partial charge in [0.2, 0.25) is 0 Å². The maximum absolute atomic E-state index is 15.6. The number of hydrogen-bond donors (Lipinski definition) is 0. The predicted octanol–water partition coefficient (Wildman–Crippen LogP) is 8.39. The van der Waals surface area contributed by atoms with Crippen molar-refractivity contribution < 1.29 is 18.3 Å². The average Bonchev–Trinajstić information content (AvgIpc) is 3.20. The summed E-state index contributed by atoms with van der Waals surface area (Å²) >= 11 is 0. The van der Waals surface area contributed by atoms with E-state index in [1.165, 1.54) is 0 Å². The van der Waals surface area contributed by atoms with Gasteiger partial charge in [-0.1, -0.05) is 182 Å². The van der Waals surface area contributed by atoms with Crippen LogP contribution in [0.4, 0.5) is 0 Å². The molecule has 8 heteroatoms. The molecule has 50 heavy (non-hydrogen) atoms. The molecule has 6 aromatic rings. The Balaban J connectivity index is 1.39. The third-order valence-corrected chi connectivity index (χ3v) is 23.0. The third kappa shape index (κ3) is 8.07. The van der Waals surface area contributed by atoms with E-state index in [4.69, 9.17) is 0 Å². The van der Waals surface area contributed by atoms with Gasteiger partial charge < -0.3 is 18.3 Å². The van der Waals surface area contributed by atoms with Gasteiger partial charge in [0, 0.05) is 68.8 Å². The molecular formula is C42H42O4P4. The molecule has 0 heterocycles. The second-order valence-electron chi connectivity index (χ2n) is 12.6. The van der Waals surface area contributed by atoms with E-state index in [0.717, 1.165) is 31.8 Å². The molecule has 0 saturated heterocycles. The molecule has 4 nitrogen and oxygen atoms in total. The van der Waals surface area contributed by atoms with Gasteiger partial charge in [0.15, 0.2) is 0 Å². The monoisotopic (exact) mass is 734 g/mol. The van der Waals surface area contributed by atoms with Gasteiger partial charge in [-0.15, -0.1) is 0 Å². The molecule has 0 amide bonds. The normalized spacial score (nSPS) is 12.4. The lowest BCUT2D eigenvalue weighted by Gasteiger charge is -2.28. The third-order valence-electron chi connectivity index (χ3n) is 9.51. The summed E-state index contributed by atoms with van der Waals surface area (Å²) < 4.78 is 60.9. The topological polar surface area (TPSA) is 68.3 Å². The largest absolute Gasteiger partial charge is 0.324 e. The highest BCUT2D eigenvalue weighted by atomic mass is 31.2. The van der Waals surface area contributed by atoms with Crippen LogP contribution in [0.15, 0.2) is 182 Å². The first-order chi connectivity index (χ1) is 24.3. The second kappa shape index (κ2) is 16.1. The first-order valence-electron chi connectivity index (χ1n) is 16.9. The van der Waals surface area contributed by atoms with E-state index < -0.39 is 28.6 Å². The Bertz CT molecular complexity index is 1780. The Labute approximate surface area is 296 Å². The van der Waals surface area contributed by atoms with E-state index in [2.05, 4.69) is 0 Å². The Morgan fingerprint density at radius 3 is 0.560 bits per heavy atom. The van der Waals surface area contributed by atoms with Crippen molar-refractivity contribution in [3.05, 3.63) is 182 Å². The van der Waals surface area contributed by atoms with Gasteiger partial charge in [-0.2, -0.15) is 0 Å². The Morgan fingerprint density at radius 2 is 0.400 bits per heavy atom. The summed E-state index contributed by atoms with van der Waals surface area (Å²) in [4.78, 5) is 0. The number of hydrogen-bond acceptors (Lipinski definition) is 4. The molecule has 0 aliphatic rings. The summed E-state index contributed by atoms with van der Waals surface area (Å²) in [5.74, 6) is 0. The van der Waals surface area contributed by atoms with Gasteiger partial charge in [-0.05, 0) is 0 Å². The molecule has 6 rings (SSSR count). The molecule has 0 aliphatic carbocycles. The van der Waals surface area contributed by atoms with E-state index >= 15 is 18.3 Å². The van der Waals surface area contributed by atoms with Crippen molar-refractivity contribution in [3.8, 4) is 0 Å². The molecule has 0 aromatic heterocycles. The van der Waals surface area contributed by atoms with Crippen molar-refractivity contribution in [1.82, 2.24) is 0 Å². The first kappa shape index (κ1) is 36.0. The fourth-order valence-corrected chi connectivity index (χ4v) is 21.3. The zero-order valence-electron chi connectivity index (χ0n) is 28.0. The molecule has 254 valence electrons. The van der Waals surface area contributed by atoms with Gasteiger partial charge in [-0.25, -0.2) is 0 Å². The van der Waals surface area contributed by atoms with Crippen LogP contribution in [0.1, 0.15) is 0 Å². The van der Waals surface area contributed by atoms with Gasteiger partial charge in [0.25, 0.3) is 0 Å². The quantitative estimate of drug-likeness (QED) is 0.0995. The first-order valence-corrected chi connectivity index (χ1v) is 24.9. The Morgan fingerprint density at radius 1 is 0.240 bits per heavy atom. The van der Waals surface area contributed by atoms with Crippen molar-refractivity contribution in [3.63, 3.8) is 0 Å². The highest BCUT2D eigenvalue weighted by molar-refractivity contribution is 7.81. The van der Waals surface area contributed by atoms with Gasteiger partial charge in [0.1, 0.15) is 21.4 Å². The molecule has 0 unspecified atom stereocenters. The van der Waals surface area contributed by atoms with Crippen LogP contribution in [0.3, 0.4) is 0 Å². The minimum atomic E-state index is -3.25. The highest BCUT2D eigenvalue weighted by Crippen LogP contribution is 2.57.